The number of nitrogens with one attached hydrogen (secondary N) is 1. The zero-order valence-corrected chi connectivity index (χ0v) is 17.2. The van der Waals surface area contributed by atoms with E-state index < -0.39 is 12.1 Å². The number of aryl methyl sites for hydroxylation is 1. The lowest BCUT2D eigenvalue weighted by Crippen LogP contribution is -2.28. The minimum absolute atomic E-state index is 0.286. The molecule has 0 bridgehead atoms. The summed E-state index contributed by atoms with van der Waals surface area (Å²) >= 11 is 1.47. The lowest BCUT2D eigenvalue weighted by molar-refractivity contribution is -0.127. The number of ether oxygens (including phenoxy) is 3. The molecule has 1 aromatic carbocycles. The number of thiophene rings is 1. The van der Waals surface area contributed by atoms with E-state index in [0.717, 1.165) is 47.4 Å². The van der Waals surface area contributed by atoms with Gasteiger partial charge < -0.3 is 19.5 Å². The Hall–Kier alpha value is -2.38. The van der Waals surface area contributed by atoms with Crippen molar-refractivity contribution in [3.63, 3.8) is 0 Å². The van der Waals surface area contributed by atoms with Crippen molar-refractivity contribution in [3.8, 4) is 5.75 Å². The van der Waals surface area contributed by atoms with E-state index >= 15 is 0 Å². The van der Waals surface area contributed by atoms with Crippen LogP contribution in [0.4, 0.5) is 5.00 Å². The quantitative estimate of drug-likeness (QED) is 0.708. The Morgan fingerprint density at radius 2 is 2.00 bits per heavy atom. The molecular weight excluding hydrogens is 378 g/mol. The van der Waals surface area contributed by atoms with Crippen molar-refractivity contribution in [2.45, 2.75) is 45.3 Å². The third kappa shape index (κ3) is 4.54. The summed E-state index contributed by atoms with van der Waals surface area (Å²) < 4.78 is 15.9. The smallest absolute Gasteiger partial charge is 0.341 e. The minimum Gasteiger partial charge on any atom is -0.497 e. The van der Waals surface area contributed by atoms with E-state index in [9.17, 15) is 9.59 Å². The molecular formula is C21H25NO5S. The number of methoxy groups -OCH3 is 2. The third-order valence-electron chi connectivity index (χ3n) is 4.80. The fourth-order valence-electron chi connectivity index (χ4n) is 3.24. The first-order valence-corrected chi connectivity index (χ1v) is 10.1. The Morgan fingerprint density at radius 3 is 2.75 bits per heavy atom. The van der Waals surface area contributed by atoms with Gasteiger partial charge in [-0.25, -0.2) is 4.79 Å². The van der Waals surface area contributed by atoms with Crippen LogP contribution in [0.3, 0.4) is 0 Å². The molecule has 1 aromatic heterocycles. The number of hydrogen-bond donors (Lipinski definition) is 1. The molecule has 3 rings (SSSR count). The fourth-order valence-corrected chi connectivity index (χ4v) is 4.52. The van der Waals surface area contributed by atoms with Gasteiger partial charge in [-0.2, -0.15) is 0 Å². The Kier molecular flexibility index (Phi) is 6.70. The number of rotatable bonds is 7. The van der Waals surface area contributed by atoms with Crippen molar-refractivity contribution in [1.82, 2.24) is 0 Å². The molecule has 0 radical (unpaired) electrons. The molecule has 28 heavy (non-hydrogen) atoms. The molecule has 0 aliphatic heterocycles. The monoisotopic (exact) mass is 403 g/mol. The number of benzene rings is 1. The molecule has 7 heteroatoms. The minimum atomic E-state index is -0.671. The molecule has 1 heterocycles. The molecule has 0 saturated carbocycles. The summed E-state index contributed by atoms with van der Waals surface area (Å²) in [5, 5.41) is 3.43. The highest BCUT2D eigenvalue weighted by Gasteiger charge is 2.27. The van der Waals surface area contributed by atoms with Crippen LogP contribution in [0.1, 0.15) is 46.1 Å². The van der Waals surface area contributed by atoms with Gasteiger partial charge in [-0.3, -0.25) is 4.79 Å². The second-order valence-electron chi connectivity index (χ2n) is 6.70. The topological polar surface area (TPSA) is 73.9 Å². The lowest BCUT2D eigenvalue weighted by atomic mass is 9.95. The van der Waals surface area contributed by atoms with Crippen LogP contribution >= 0.6 is 11.3 Å². The van der Waals surface area contributed by atoms with Crippen molar-refractivity contribution in [1.29, 1.82) is 0 Å². The number of esters is 1. The molecule has 150 valence electrons. The van der Waals surface area contributed by atoms with Gasteiger partial charge in [0.15, 0.2) is 0 Å². The highest BCUT2D eigenvalue weighted by atomic mass is 32.1. The third-order valence-corrected chi connectivity index (χ3v) is 6.01. The standard InChI is InChI=1S/C21H25NO5S/c1-13(27-12-14-7-6-8-15(11-14)25-2)19(23)22-20-18(21(24)26-3)16-9-4-5-10-17(16)28-20/h6-8,11,13H,4-5,9-10,12H2,1-3H3,(H,22,23). The van der Waals surface area contributed by atoms with Gasteiger partial charge in [0.25, 0.3) is 5.91 Å². The van der Waals surface area contributed by atoms with E-state index in [-0.39, 0.29) is 12.5 Å². The van der Waals surface area contributed by atoms with Crippen LogP contribution < -0.4 is 10.1 Å². The predicted molar refractivity (Wildman–Crippen MR) is 108 cm³/mol. The second kappa shape index (κ2) is 9.21. The number of carbonyl (C=O) groups is 2. The zero-order chi connectivity index (χ0) is 20.1. The predicted octanol–water partition coefficient (Wildman–Crippen LogP) is 3.97. The molecule has 1 N–H and O–H groups in total. The first-order valence-electron chi connectivity index (χ1n) is 9.31. The molecule has 1 aliphatic rings. The molecule has 0 spiro atoms. The molecule has 6 nitrogen and oxygen atoms in total. The first kappa shape index (κ1) is 20.4. The Morgan fingerprint density at radius 1 is 1.21 bits per heavy atom. The van der Waals surface area contributed by atoms with Crippen LogP contribution in [-0.4, -0.2) is 32.2 Å². The van der Waals surface area contributed by atoms with Gasteiger partial charge in [-0.15, -0.1) is 11.3 Å². The molecule has 1 atom stereocenters. The van der Waals surface area contributed by atoms with Crippen molar-refractivity contribution >= 4 is 28.2 Å². The van der Waals surface area contributed by atoms with Gasteiger partial charge in [-0.1, -0.05) is 12.1 Å². The summed E-state index contributed by atoms with van der Waals surface area (Å²) in [6.45, 7) is 1.98. The summed E-state index contributed by atoms with van der Waals surface area (Å²) in [7, 11) is 2.97. The highest BCUT2D eigenvalue weighted by molar-refractivity contribution is 7.17. The van der Waals surface area contributed by atoms with Crippen LogP contribution in [-0.2, 0) is 33.7 Å². The first-order chi connectivity index (χ1) is 13.5. The number of amides is 1. The molecule has 0 saturated heterocycles. The van der Waals surface area contributed by atoms with Crippen LogP contribution in [0.2, 0.25) is 0 Å². The second-order valence-corrected chi connectivity index (χ2v) is 7.81. The van der Waals surface area contributed by atoms with Gasteiger partial charge in [0.2, 0.25) is 0 Å². The number of hydrogen-bond acceptors (Lipinski definition) is 6. The van der Waals surface area contributed by atoms with E-state index in [0.29, 0.717) is 10.6 Å². The summed E-state index contributed by atoms with van der Waals surface area (Å²) in [5.74, 6) is 0.0522. The average molecular weight is 404 g/mol. The summed E-state index contributed by atoms with van der Waals surface area (Å²) in [6.07, 6.45) is 3.24. The van der Waals surface area contributed by atoms with Gasteiger partial charge in [0.05, 0.1) is 26.4 Å². The van der Waals surface area contributed by atoms with E-state index in [2.05, 4.69) is 5.32 Å². The molecule has 0 fully saturated rings. The largest absolute Gasteiger partial charge is 0.497 e. The van der Waals surface area contributed by atoms with Gasteiger partial charge in [-0.05, 0) is 55.9 Å². The Bertz CT molecular complexity index is 860. The SMILES string of the molecule is COC(=O)c1c(NC(=O)C(C)OCc2cccc(OC)c2)sc2c1CCCC2. The van der Waals surface area contributed by atoms with Gasteiger partial charge >= 0.3 is 5.97 Å². The summed E-state index contributed by atoms with van der Waals surface area (Å²) in [6, 6.07) is 7.51. The number of fused-ring (bicyclic) bond motifs is 1. The van der Waals surface area contributed by atoms with Crippen LogP contribution in [0.5, 0.6) is 5.75 Å². The lowest BCUT2D eigenvalue weighted by Gasteiger charge is -2.14. The summed E-state index contributed by atoms with van der Waals surface area (Å²) in [4.78, 5) is 26.1. The fraction of sp³-hybridized carbons (Fsp3) is 0.429. The highest BCUT2D eigenvalue weighted by Crippen LogP contribution is 2.38. The van der Waals surface area contributed by atoms with Crippen LogP contribution in [0.15, 0.2) is 24.3 Å². The maximum absolute atomic E-state index is 12.6. The summed E-state index contributed by atoms with van der Waals surface area (Å²) in [5.41, 5.74) is 2.43. The van der Waals surface area contributed by atoms with Crippen LogP contribution in [0, 0.1) is 0 Å². The van der Waals surface area contributed by atoms with Gasteiger partial charge in [0.1, 0.15) is 16.9 Å². The number of anilines is 1. The van der Waals surface area contributed by atoms with E-state index in [1.165, 1.54) is 18.4 Å². The maximum atomic E-state index is 12.6. The molecule has 1 amide bonds. The van der Waals surface area contributed by atoms with E-state index in [1.54, 1.807) is 14.0 Å². The average Bonchev–Trinajstić information content (AvgIpc) is 3.09. The van der Waals surface area contributed by atoms with Crippen molar-refractivity contribution in [2.75, 3.05) is 19.5 Å². The van der Waals surface area contributed by atoms with E-state index in [4.69, 9.17) is 14.2 Å². The molecule has 1 aliphatic carbocycles. The van der Waals surface area contributed by atoms with Crippen molar-refractivity contribution in [2.24, 2.45) is 0 Å². The zero-order valence-electron chi connectivity index (χ0n) is 16.4. The Balaban J connectivity index is 1.68. The maximum Gasteiger partial charge on any atom is 0.341 e. The molecule has 2 aromatic rings. The van der Waals surface area contributed by atoms with Gasteiger partial charge in [0, 0.05) is 4.88 Å². The number of carbonyl (C=O) groups excluding carboxylic acids is 2. The van der Waals surface area contributed by atoms with Crippen molar-refractivity contribution in [3.05, 3.63) is 45.8 Å². The molecule has 1 unspecified atom stereocenters. The Labute approximate surface area is 168 Å². The van der Waals surface area contributed by atoms with E-state index in [1.807, 2.05) is 24.3 Å². The normalized spacial score (nSPS) is 14.1. The van der Waals surface area contributed by atoms with Crippen molar-refractivity contribution < 1.29 is 23.8 Å². The van der Waals surface area contributed by atoms with Crippen LogP contribution in [0.25, 0.3) is 0 Å².